The molecule has 0 fully saturated rings. The molecule has 0 aliphatic carbocycles. The average Bonchev–Trinajstić information content (AvgIpc) is 2.40. The maximum Gasteiger partial charge on any atom is 0.257 e. The SMILES string of the molecule is CNc1cc(C(=O)Nc2ccc(Br)cn2)cc(Cl)n1. The quantitative estimate of drug-likeness (QED) is 0.841. The second kappa shape index (κ2) is 5.99. The highest BCUT2D eigenvalue weighted by molar-refractivity contribution is 9.10. The normalized spacial score (nSPS) is 10.1. The van der Waals surface area contributed by atoms with Gasteiger partial charge in [0.25, 0.3) is 5.91 Å². The van der Waals surface area contributed by atoms with Crippen molar-refractivity contribution in [1.82, 2.24) is 9.97 Å². The Morgan fingerprint density at radius 1 is 1.32 bits per heavy atom. The number of anilines is 2. The van der Waals surface area contributed by atoms with Crippen LogP contribution in [0, 0.1) is 0 Å². The van der Waals surface area contributed by atoms with E-state index in [1.165, 1.54) is 6.07 Å². The molecule has 0 saturated heterocycles. The molecule has 0 saturated carbocycles. The third-order valence-corrected chi connectivity index (χ3v) is 2.94. The fourth-order valence-electron chi connectivity index (χ4n) is 1.39. The highest BCUT2D eigenvalue weighted by Crippen LogP contribution is 2.16. The summed E-state index contributed by atoms with van der Waals surface area (Å²) in [5.74, 6) is 0.698. The van der Waals surface area contributed by atoms with Crippen molar-refractivity contribution in [2.24, 2.45) is 0 Å². The van der Waals surface area contributed by atoms with Crippen molar-refractivity contribution in [2.45, 2.75) is 0 Å². The van der Waals surface area contributed by atoms with Crippen molar-refractivity contribution in [3.63, 3.8) is 0 Å². The van der Waals surface area contributed by atoms with Crippen LogP contribution in [-0.2, 0) is 0 Å². The smallest absolute Gasteiger partial charge is 0.257 e. The van der Waals surface area contributed by atoms with E-state index in [4.69, 9.17) is 11.6 Å². The summed E-state index contributed by atoms with van der Waals surface area (Å²) >= 11 is 9.12. The van der Waals surface area contributed by atoms with Gasteiger partial charge in [-0.2, -0.15) is 0 Å². The summed E-state index contributed by atoms with van der Waals surface area (Å²) in [6.07, 6.45) is 1.61. The lowest BCUT2D eigenvalue weighted by Gasteiger charge is -2.06. The molecule has 0 aliphatic heterocycles. The van der Waals surface area contributed by atoms with Crippen LogP contribution < -0.4 is 10.6 Å². The average molecular weight is 342 g/mol. The van der Waals surface area contributed by atoms with Crippen molar-refractivity contribution < 1.29 is 4.79 Å². The van der Waals surface area contributed by atoms with Gasteiger partial charge >= 0.3 is 0 Å². The number of nitrogens with one attached hydrogen (secondary N) is 2. The van der Waals surface area contributed by atoms with Crippen LogP contribution in [0.5, 0.6) is 0 Å². The number of amides is 1. The Balaban J connectivity index is 2.20. The number of aromatic nitrogens is 2. The van der Waals surface area contributed by atoms with Crippen LogP contribution in [0.1, 0.15) is 10.4 Å². The lowest BCUT2D eigenvalue weighted by Crippen LogP contribution is -2.13. The van der Waals surface area contributed by atoms with Gasteiger partial charge in [-0.1, -0.05) is 11.6 Å². The largest absolute Gasteiger partial charge is 0.373 e. The van der Waals surface area contributed by atoms with Gasteiger partial charge < -0.3 is 10.6 Å². The molecule has 7 heteroatoms. The van der Waals surface area contributed by atoms with Gasteiger partial charge in [-0.15, -0.1) is 0 Å². The van der Waals surface area contributed by atoms with E-state index in [9.17, 15) is 4.79 Å². The lowest BCUT2D eigenvalue weighted by molar-refractivity contribution is 0.102. The van der Waals surface area contributed by atoms with Crippen LogP contribution in [0.25, 0.3) is 0 Å². The minimum atomic E-state index is -0.296. The summed E-state index contributed by atoms with van der Waals surface area (Å²) in [5.41, 5.74) is 0.411. The van der Waals surface area contributed by atoms with Crippen molar-refractivity contribution in [2.75, 3.05) is 17.7 Å². The van der Waals surface area contributed by atoms with Gasteiger partial charge in [-0.3, -0.25) is 4.79 Å². The molecule has 2 aromatic rings. The number of carbonyl (C=O) groups excluding carboxylic acids is 1. The summed E-state index contributed by atoms with van der Waals surface area (Å²) < 4.78 is 0.843. The Labute approximate surface area is 123 Å². The van der Waals surface area contributed by atoms with E-state index in [1.54, 1.807) is 31.4 Å². The molecular formula is C12H10BrClN4O. The molecule has 2 heterocycles. The predicted octanol–water partition coefficient (Wildman–Crippen LogP) is 3.19. The molecule has 0 aromatic carbocycles. The zero-order chi connectivity index (χ0) is 13.8. The summed E-state index contributed by atoms with van der Waals surface area (Å²) in [4.78, 5) is 20.1. The van der Waals surface area contributed by atoms with E-state index >= 15 is 0 Å². The van der Waals surface area contributed by atoms with E-state index in [0.717, 1.165) is 4.47 Å². The van der Waals surface area contributed by atoms with Crippen LogP contribution in [-0.4, -0.2) is 22.9 Å². The first-order valence-electron chi connectivity index (χ1n) is 5.37. The minimum absolute atomic E-state index is 0.251. The molecule has 0 spiro atoms. The van der Waals surface area contributed by atoms with Gasteiger partial charge in [0.1, 0.15) is 16.8 Å². The van der Waals surface area contributed by atoms with Gasteiger partial charge in [0.05, 0.1) is 0 Å². The maximum atomic E-state index is 12.0. The zero-order valence-electron chi connectivity index (χ0n) is 9.95. The van der Waals surface area contributed by atoms with Crippen LogP contribution in [0.15, 0.2) is 34.9 Å². The number of nitrogens with zero attached hydrogens (tertiary/aromatic N) is 2. The van der Waals surface area contributed by atoms with Gasteiger partial charge in [0.15, 0.2) is 0 Å². The number of halogens is 2. The summed E-state index contributed by atoms with van der Waals surface area (Å²) in [5, 5.41) is 5.77. The second-order valence-electron chi connectivity index (χ2n) is 3.63. The van der Waals surface area contributed by atoms with Crippen LogP contribution in [0.4, 0.5) is 11.6 Å². The summed E-state index contributed by atoms with van der Waals surface area (Å²) in [6, 6.07) is 6.60. The Morgan fingerprint density at radius 3 is 2.74 bits per heavy atom. The van der Waals surface area contributed by atoms with E-state index in [2.05, 4.69) is 36.5 Å². The van der Waals surface area contributed by atoms with Gasteiger partial charge in [0.2, 0.25) is 0 Å². The van der Waals surface area contributed by atoms with Crippen LogP contribution in [0.3, 0.4) is 0 Å². The fraction of sp³-hybridized carbons (Fsp3) is 0.0833. The summed E-state index contributed by atoms with van der Waals surface area (Å²) in [7, 11) is 1.70. The molecule has 0 aliphatic rings. The van der Waals surface area contributed by atoms with Crippen LogP contribution >= 0.6 is 27.5 Å². The van der Waals surface area contributed by atoms with E-state index in [0.29, 0.717) is 17.2 Å². The van der Waals surface area contributed by atoms with E-state index < -0.39 is 0 Å². The topological polar surface area (TPSA) is 66.9 Å². The molecule has 2 N–H and O–H groups in total. The molecule has 0 bridgehead atoms. The van der Waals surface area contributed by atoms with Gasteiger partial charge in [-0.05, 0) is 40.2 Å². The molecule has 0 unspecified atom stereocenters. The molecule has 1 amide bonds. The molecule has 0 atom stereocenters. The standard InChI is InChI=1S/C12H10BrClN4O/c1-15-11-5-7(4-9(14)17-11)12(19)18-10-3-2-8(13)6-16-10/h2-6H,1H3,(H,15,17)(H,16,18,19). The molecular weight excluding hydrogens is 332 g/mol. The van der Waals surface area contributed by atoms with Gasteiger partial charge in [-0.25, -0.2) is 9.97 Å². The Hall–Kier alpha value is -1.66. The Morgan fingerprint density at radius 2 is 2.11 bits per heavy atom. The molecule has 19 heavy (non-hydrogen) atoms. The number of rotatable bonds is 3. The van der Waals surface area contributed by atoms with Gasteiger partial charge in [0, 0.05) is 23.3 Å². The second-order valence-corrected chi connectivity index (χ2v) is 4.93. The van der Waals surface area contributed by atoms with E-state index in [1.807, 2.05) is 0 Å². The van der Waals surface area contributed by atoms with Crippen LogP contribution in [0.2, 0.25) is 5.15 Å². The molecule has 5 nitrogen and oxygen atoms in total. The van der Waals surface area contributed by atoms with Crippen molar-refractivity contribution in [3.05, 3.63) is 45.7 Å². The van der Waals surface area contributed by atoms with Crippen molar-refractivity contribution in [3.8, 4) is 0 Å². The highest BCUT2D eigenvalue weighted by Gasteiger charge is 2.09. The Bertz CT molecular complexity index is 603. The third kappa shape index (κ3) is 3.65. The predicted molar refractivity (Wildman–Crippen MR) is 78.7 cm³/mol. The lowest BCUT2D eigenvalue weighted by atomic mass is 10.2. The first-order chi connectivity index (χ1) is 9.08. The molecule has 2 aromatic heterocycles. The molecule has 0 radical (unpaired) electrons. The first-order valence-corrected chi connectivity index (χ1v) is 6.54. The van der Waals surface area contributed by atoms with Crippen molar-refractivity contribution in [1.29, 1.82) is 0 Å². The Kier molecular flexibility index (Phi) is 4.34. The van der Waals surface area contributed by atoms with E-state index in [-0.39, 0.29) is 11.1 Å². The number of hydrogen-bond donors (Lipinski definition) is 2. The first kappa shape index (κ1) is 13.8. The summed E-state index contributed by atoms with van der Waals surface area (Å²) in [6.45, 7) is 0. The minimum Gasteiger partial charge on any atom is -0.373 e. The van der Waals surface area contributed by atoms with Crippen molar-refractivity contribution >= 4 is 45.1 Å². The monoisotopic (exact) mass is 340 g/mol. The molecule has 2 rings (SSSR count). The zero-order valence-corrected chi connectivity index (χ0v) is 12.3. The number of carbonyl (C=O) groups is 1. The fourth-order valence-corrected chi connectivity index (χ4v) is 1.84. The highest BCUT2D eigenvalue weighted by atomic mass is 79.9. The number of pyridine rings is 2. The molecule has 98 valence electrons. The number of hydrogen-bond acceptors (Lipinski definition) is 4. The third-order valence-electron chi connectivity index (χ3n) is 2.28. The maximum absolute atomic E-state index is 12.0.